The summed E-state index contributed by atoms with van der Waals surface area (Å²) in [7, 11) is 0. The summed E-state index contributed by atoms with van der Waals surface area (Å²) in [6.07, 6.45) is 2.78. The zero-order chi connectivity index (χ0) is 11.3. The summed E-state index contributed by atoms with van der Waals surface area (Å²) in [4.78, 5) is 8.40. The van der Waals surface area contributed by atoms with Crippen LogP contribution >= 0.6 is 0 Å². The maximum absolute atomic E-state index is 7.23. The second-order valence-electron chi connectivity index (χ2n) is 3.11. The van der Waals surface area contributed by atoms with Crippen LogP contribution in [0.3, 0.4) is 0 Å². The zero-order valence-corrected chi connectivity index (χ0v) is 9.08. The number of nitrogens with one attached hydrogen (secondary N) is 1. The second-order valence-corrected chi connectivity index (χ2v) is 3.11. The van der Waals surface area contributed by atoms with Gasteiger partial charge in [0.25, 0.3) is 0 Å². The van der Waals surface area contributed by atoms with Crippen LogP contribution in [0.4, 0.5) is 0 Å². The predicted molar refractivity (Wildman–Crippen MR) is 58.2 cm³/mol. The summed E-state index contributed by atoms with van der Waals surface area (Å²) >= 11 is 0. The molecule has 15 heavy (non-hydrogen) atoms. The van der Waals surface area contributed by atoms with Gasteiger partial charge in [-0.05, 0) is 6.92 Å². The lowest BCUT2D eigenvalue weighted by atomic mass is 10.2. The van der Waals surface area contributed by atoms with Crippen LogP contribution in [0.1, 0.15) is 25.2 Å². The van der Waals surface area contributed by atoms with E-state index in [0.717, 1.165) is 17.8 Å². The van der Waals surface area contributed by atoms with Crippen molar-refractivity contribution in [2.24, 2.45) is 5.73 Å². The first-order valence-corrected chi connectivity index (χ1v) is 4.97. The Morgan fingerprint density at radius 2 is 2.27 bits per heavy atom. The number of aryl methyl sites for hydroxylation is 1. The molecule has 0 fully saturated rings. The molecule has 0 saturated heterocycles. The molecule has 0 spiro atoms. The fraction of sp³-hybridized carbons (Fsp3) is 0.500. The normalized spacial score (nSPS) is 10.0. The minimum Gasteiger partial charge on any atom is -0.478 e. The van der Waals surface area contributed by atoms with Crippen molar-refractivity contribution >= 4 is 5.84 Å². The van der Waals surface area contributed by atoms with Crippen LogP contribution in [-0.2, 0) is 12.8 Å². The lowest BCUT2D eigenvalue weighted by molar-refractivity contribution is 0.321. The first-order chi connectivity index (χ1) is 7.17. The number of hydrogen-bond donors (Lipinski definition) is 2. The molecule has 0 bridgehead atoms. The molecular weight excluding hydrogens is 192 g/mol. The van der Waals surface area contributed by atoms with Crippen LogP contribution in [0, 0.1) is 5.41 Å². The summed E-state index contributed by atoms with van der Waals surface area (Å²) in [6, 6.07) is 0. The molecular formula is C10H16N4O. The van der Waals surface area contributed by atoms with Gasteiger partial charge in [0.05, 0.1) is 12.4 Å². The van der Waals surface area contributed by atoms with Crippen LogP contribution in [0.5, 0.6) is 5.88 Å². The van der Waals surface area contributed by atoms with E-state index in [2.05, 4.69) is 9.97 Å². The molecule has 0 unspecified atom stereocenters. The number of aromatic nitrogens is 2. The van der Waals surface area contributed by atoms with E-state index in [1.807, 2.05) is 13.8 Å². The lowest BCUT2D eigenvalue weighted by Gasteiger charge is -2.08. The Labute approximate surface area is 89.2 Å². The van der Waals surface area contributed by atoms with E-state index in [4.69, 9.17) is 15.9 Å². The van der Waals surface area contributed by atoms with Crippen LogP contribution < -0.4 is 10.5 Å². The predicted octanol–water partition coefficient (Wildman–Crippen LogP) is 0.916. The molecule has 0 aliphatic heterocycles. The average Bonchev–Trinajstić information content (AvgIpc) is 2.20. The van der Waals surface area contributed by atoms with Crippen LogP contribution in [0.25, 0.3) is 0 Å². The van der Waals surface area contributed by atoms with Gasteiger partial charge >= 0.3 is 0 Å². The smallest absolute Gasteiger partial charge is 0.220 e. The molecule has 1 rings (SSSR count). The molecule has 0 aliphatic carbocycles. The highest BCUT2D eigenvalue weighted by atomic mass is 16.5. The van der Waals surface area contributed by atoms with Crippen molar-refractivity contribution in [1.82, 2.24) is 9.97 Å². The van der Waals surface area contributed by atoms with Crippen LogP contribution in [0.15, 0.2) is 6.20 Å². The molecule has 0 saturated carbocycles. The van der Waals surface area contributed by atoms with E-state index in [0.29, 0.717) is 18.9 Å². The van der Waals surface area contributed by atoms with E-state index in [-0.39, 0.29) is 5.84 Å². The monoisotopic (exact) mass is 208 g/mol. The molecule has 0 aliphatic rings. The molecule has 0 radical (unpaired) electrons. The van der Waals surface area contributed by atoms with Gasteiger partial charge in [0, 0.05) is 24.6 Å². The molecule has 1 aromatic rings. The Hall–Kier alpha value is -1.65. The number of amidine groups is 1. The Morgan fingerprint density at radius 3 is 2.80 bits per heavy atom. The van der Waals surface area contributed by atoms with Crippen molar-refractivity contribution in [1.29, 1.82) is 5.41 Å². The third-order valence-electron chi connectivity index (χ3n) is 1.85. The van der Waals surface area contributed by atoms with Gasteiger partial charge in [0.15, 0.2) is 0 Å². The van der Waals surface area contributed by atoms with Gasteiger partial charge in [0.2, 0.25) is 5.88 Å². The Kier molecular flexibility index (Phi) is 4.03. The molecule has 5 heteroatoms. The highest BCUT2D eigenvalue weighted by Gasteiger charge is 2.08. The summed E-state index contributed by atoms with van der Waals surface area (Å²) in [5.74, 6) is 1.37. The van der Waals surface area contributed by atoms with Gasteiger partial charge in [-0.25, -0.2) is 4.98 Å². The van der Waals surface area contributed by atoms with Gasteiger partial charge in [-0.2, -0.15) is 4.98 Å². The molecule has 3 N–H and O–H groups in total. The number of ether oxygens (including phenoxy) is 1. The molecule has 5 nitrogen and oxygen atoms in total. The van der Waals surface area contributed by atoms with Crippen molar-refractivity contribution in [3.8, 4) is 5.88 Å². The van der Waals surface area contributed by atoms with E-state index >= 15 is 0 Å². The fourth-order valence-corrected chi connectivity index (χ4v) is 1.18. The van der Waals surface area contributed by atoms with E-state index in [9.17, 15) is 0 Å². The summed E-state index contributed by atoms with van der Waals surface area (Å²) in [5, 5.41) is 7.23. The Balaban J connectivity index is 2.97. The molecule has 0 aromatic carbocycles. The van der Waals surface area contributed by atoms with Crippen molar-refractivity contribution in [2.75, 3.05) is 6.61 Å². The van der Waals surface area contributed by atoms with Gasteiger partial charge in [0.1, 0.15) is 5.82 Å². The van der Waals surface area contributed by atoms with Crippen molar-refractivity contribution < 1.29 is 4.74 Å². The topological polar surface area (TPSA) is 84.9 Å². The quantitative estimate of drug-likeness (QED) is 0.556. The summed E-state index contributed by atoms with van der Waals surface area (Å²) in [5.41, 5.74) is 6.10. The third-order valence-corrected chi connectivity index (χ3v) is 1.85. The van der Waals surface area contributed by atoms with E-state index < -0.39 is 0 Å². The lowest BCUT2D eigenvalue weighted by Crippen LogP contribution is -2.15. The summed E-state index contributed by atoms with van der Waals surface area (Å²) in [6.45, 7) is 4.42. The number of rotatable bonds is 5. The van der Waals surface area contributed by atoms with Crippen LogP contribution in [0.2, 0.25) is 0 Å². The van der Waals surface area contributed by atoms with E-state index in [1.54, 1.807) is 6.20 Å². The minimum atomic E-state index is 0.0869. The van der Waals surface area contributed by atoms with Crippen molar-refractivity contribution in [3.63, 3.8) is 0 Å². The first kappa shape index (κ1) is 11.4. The fourth-order valence-electron chi connectivity index (χ4n) is 1.18. The highest BCUT2D eigenvalue weighted by Crippen LogP contribution is 2.15. The van der Waals surface area contributed by atoms with Crippen molar-refractivity contribution in [3.05, 3.63) is 17.6 Å². The van der Waals surface area contributed by atoms with Gasteiger partial charge in [-0.15, -0.1) is 0 Å². The molecule has 1 aromatic heterocycles. The minimum absolute atomic E-state index is 0.0869. The SMILES string of the molecule is CCOc1nc(CC)ncc1CC(=N)N. The van der Waals surface area contributed by atoms with Crippen molar-refractivity contribution in [2.45, 2.75) is 26.7 Å². The largest absolute Gasteiger partial charge is 0.478 e. The third kappa shape index (κ3) is 3.19. The maximum Gasteiger partial charge on any atom is 0.220 e. The van der Waals surface area contributed by atoms with Gasteiger partial charge in [-0.1, -0.05) is 6.92 Å². The Bertz CT molecular complexity index is 351. The zero-order valence-electron chi connectivity index (χ0n) is 9.08. The number of nitrogens with two attached hydrogens (primary N) is 1. The maximum atomic E-state index is 7.23. The number of nitrogens with zero attached hydrogens (tertiary/aromatic N) is 2. The Morgan fingerprint density at radius 1 is 1.53 bits per heavy atom. The highest BCUT2D eigenvalue weighted by molar-refractivity contribution is 5.79. The van der Waals surface area contributed by atoms with E-state index in [1.165, 1.54) is 0 Å². The molecule has 0 amide bonds. The van der Waals surface area contributed by atoms with Gasteiger partial charge < -0.3 is 10.5 Å². The standard InChI is InChI=1S/C10H16N4O/c1-3-9-13-6-7(5-8(11)12)10(14-9)15-4-2/h6H,3-5H2,1-2H3,(H3,11,12). The molecule has 82 valence electrons. The summed E-state index contributed by atoms with van der Waals surface area (Å²) < 4.78 is 5.38. The molecule has 0 atom stereocenters. The molecule has 1 heterocycles. The average molecular weight is 208 g/mol. The van der Waals surface area contributed by atoms with Gasteiger partial charge in [-0.3, -0.25) is 5.41 Å². The first-order valence-electron chi connectivity index (χ1n) is 4.97. The second kappa shape index (κ2) is 5.29. The number of hydrogen-bond acceptors (Lipinski definition) is 4. The van der Waals surface area contributed by atoms with Crippen LogP contribution in [-0.4, -0.2) is 22.4 Å².